The first-order chi connectivity index (χ1) is 8.66. The van der Waals surface area contributed by atoms with Gasteiger partial charge in [-0.1, -0.05) is 30.3 Å². The average molecular weight is 244 g/mol. The molecule has 0 aliphatic carbocycles. The van der Waals surface area contributed by atoms with Crippen molar-refractivity contribution in [1.82, 2.24) is 9.78 Å². The molecule has 1 N–H and O–H groups in total. The van der Waals surface area contributed by atoms with Crippen molar-refractivity contribution in [2.75, 3.05) is 0 Å². The first-order valence-electron chi connectivity index (χ1n) is 5.93. The number of hydrogen-bond acceptors (Lipinski definition) is 2. The van der Waals surface area contributed by atoms with Crippen molar-refractivity contribution in [2.45, 2.75) is 18.8 Å². The molecule has 0 saturated carbocycles. The van der Waals surface area contributed by atoms with Crippen LogP contribution in [0.4, 0.5) is 0 Å². The molecule has 0 radical (unpaired) electrons. The van der Waals surface area contributed by atoms with Crippen LogP contribution in [-0.2, 0) is 18.3 Å². The van der Waals surface area contributed by atoms with Crippen LogP contribution in [0.25, 0.3) is 0 Å². The predicted molar refractivity (Wildman–Crippen MR) is 68.3 cm³/mol. The summed E-state index contributed by atoms with van der Waals surface area (Å²) in [5.74, 6) is -1.25. The van der Waals surface area contributed by atoms with Crippen LogP contribution in [-0.4, -0.2) is 20.9 Å². The highest BCUT2D eigenvalue weighted by atomic mass is 16.4. The number of carboxylic acid groups (broad SMARTS) is 1. The molecule has 0 bridgehead atoms. The average Bonchev–Trinajstić information content (AvgIpc) is 2.76. The zero-order chi connectivity index (χ0) is 13.0. The lowest BCUT2D eigenvalue weighted by molar-refractivity contribution is -0.138. The summed E-state index contributed by atoms with van der Waals surface area (Å²) in [6, 6.07) is 11.3. The molecule has 1 aromatic carbocycles. The van der Waals surface area contributed by atoms with Crippen LogP contribution in [0.3, 0.4) is 0 Å². The summed E-state index contributed by atoms with van der Waals surface area (Å²) in [7, 11) is 1.86. The Morgan fingerprint density at radius 2 is 2.06 bits per heavy atom. The predicted octanol–water partition coefficient (Wildman–Crippen LogP) is 2.22. The van der Waals surface area contributed by atoms with Gasteiger partial charge in [0.05, 0.1) is 11.6 Å². The molecule has 94 valence electrons. The summed E-state index contributed by atoms with van der Waals surface area (Å²) in [5.41, 5.74) is 1.78. The molecule has 2 rings (SSSR count). The number of aliphatic carboxylic acids is 1. The molecular weight excluding hydrogens is 228 g/mol. The molecule has 0 aliphatic heterocycles. The minimum absolute atomic E-state index is 0.465. The van der Waals surface area contributed by atoms with Crippen LogP contribution in [0.15, 0.2) is 42.6 Å². The van der Waals surface area contributed by atoms with Gasteiger partial charge in [0, 0.05) is 13.2 Å². The smallest absolute Gasteiger partial charge is 0.310 e. The van der Waals surface area contributed by atoms with E-state index in [1.807, 2.05) is 49.6 Å². The lowest BCUT2D eigenvalue weighted by Gasteiger charge is -2.11. The number of aromatic nitrogens is 2. The largest absolute Gasteiger partial charge is 0.481 e. The zero-order valence-electron chi connectivity index (χ0n) is 10.3. The molecule has 0 aliphatic rings. The molecule has 4 nitrogen and oxygen atoms in total. The lowest BCUT2D eigenvalue weighted by atomic mass is 9.94. The summed E-state index contributed by atoms with van der Waals surface area (Å²) >= 11 is 0. The quantitative estimate of drug-likeness (QED) is 0.877. The van der Waals surface area contributed by atoms with E-state index in [0.29, 0.717) is 12.8 Å². The van der Waals surface area contributed by atoms with E-state index in [4.69, 9.17) is 0 Å². The maximum absolute atomic E-state index is 11.3. The Labute approximate surface area is 106 Å². The fourth-order valence-electron chi connectivity index (χ4n) is 2.01. The topological polar surface area (TPSA) is 55.1 Å². The third-order valence-electron chi connectivity index (χ3n) is 2.96. The van der Waals surface area contributed by atoms with Crippen LogP contribution >= 0.6 is 0 Å². The molecule has 18 heavy (non-hydrogen) atoms. The van der Waals surface area contributed by atoms with Crippen LogP contribution in [0.5, 0.6) is 0 Å². The Kier molecular flexibility index (Phi) is 3.77. The summed E-state index contributed by atoms with van der Waals surface area (Å²) < 4.78 is 1.73. The molecule has 4 heteroatoms. The first-order valence-corrected chi connectivity index (χ1v) is 5.93. The lowest BCUT2D eigenvalue weighted by Crippen LogP contribution is -2.12. The molecule has 1 atom stereocenters. The fourth-order valence-corrected chi connectivity index (χ4v) is 2.01. The molecular formula is C14H16N2O2. The maximum Gasteiger partial charge on any atom is 0.310 e. The number of hydrogen-bond donors (Lipinski definition) is 1. The highest BCUT2D eigenvalue weighted by molar-refractivity contribution is 5.76. The van der Waals surface area contributed by atoms with Crippen LogP contribution < -0.4 is 0 Å². The maximum atomic E-state index is 11.3. The molecule has 0 fully saturated rings. The summed E-state index contributed by atoms with van der Waals surface area (Å²) in [6.45, 7) is 0. The second-order valence-electron chi connectivity index (χ2n) is 4.32. The van der Waals surface area contributed by atoms with Gasteiger partial charge in [-0.05, 0) is 24.5 Å². The first kappa shape index (κ1) is 12.4. The minimum atomic E-state index is -0.780. The Hall–Kier alpha value is -2.10. The van der Waals surface area contributed by atoms with E-state index in [0.717, 1.165) is 11.3 Å². The molecule has 0 spiro atoms. The van der Waals surface area contributed by atoms with Crippen molar-refractivity contribution < 1.29 is 9.90 Å². The number of rotatable bonds is 5. The Morgan fingerprint density at radius 1 is 1.33 bits per heavy atom. The zero-order valence-corrected chi connectivity index (χ0v) is 10.3. The van der Waals surface area contributed by atoms with Crippen LogP contribution in [0, 0.1) is 0 Å². The van der Waals surface area contributed by atoms with E-state index in [1.165, 1.54) is 0 Å². The van der Waals surface area contributed by atoms with Crippen molar-refractivity contribution in [1.29, 1.82) is 0 Å². The Balaban J connectivity index is 2.06. The fraction of sp³-hybridized carbons (Fsp3) is 0.286. The third kappa shape index (κ3) is 2.97. The van der Waals surface area contributed by atoms with Crippen molar-refractivity contribution in [2.24, 2.45) is 7.05 Å². The molecule has 2 aromatic rings. The van der Waals surface area contributed by atoms with Gasteiger partial charge >= 0.3 is 5.97 Å². The van der Waals surface area contributed by atoms with E-state index in [9.17, 15) is 9.90 Å². The SMILES string of the molecule is Cn1ccc(CCC(C(=O)O)c2ccccc2)n1. The van der Waals surface area contributed by atoms with E-state index >= 15 is 0 Å². The van der Waals surface area contributed by atoms with E-state index in [1.54, 1.807) is 4.68 Å². The van der Waals surface area contributed by atoms with Crippen LogP contribution in [0.1, 0.15) is 23.6 Å². The number of benzene rings is 1. The van der Waals surface area contributed by atoms with E-state index in [-0.39, 0.29) is 0 Å². The second kappa shape index (κ2) is 5.49. The molecule has 0 saturated heterocycles. The summed E-state index contributed by atoms with van der Waals surface area (Å²) in [4.78, 5) is 11.3. The highest BCUT2D eigenvalue weighted by Crippen LogP contribution is 2.21. The second-order valence-corrected chi connectivity index (χ2v) is 4.32. The van der Waals surface area contributed by atoms with Gasteiger partial charge in [0.15, 0.2) is 0 Å². The molecule has 1 aromatic heterocycles. The molecule has 1 heterocycles. The monoisotopic (exact) mass is 244 g/mol. The van der Waals surface area contributed by atoms with Gasteiger partial charge in [-0.25, -0.2) is 0 Å². The third-order valence-corrected chi connectivity index (χ3v) is 2.96. The Bertz CT molecular complexity index is 520. The standard InChI is InChI=1S/C14H16N2O2/c1-16-10-9-12(15-16)7-8-13(14(17)18)11-5-3-2-4-6-11/h2-6,9-10,13H,7-8H2,1H3,(H,17,18). The van der Waals surface area contributed by atoms with Crippen molar-refractivity contribution in [3.05, 3.63) is 53.9 Å². The van der Waals surface area contributed by atoms with Gasteiger partial charge < -0.3 is 5.11 Å². The van der Waals surface area contributed by atoms with Gasteiger partial charge in [-0.2, -0.15) is 5.10 Å². The molecule has 0 amide bonds. The normalized spacial score (nSPS) is 12.3. The van der Waals surface area contributed by atoms with Crippen molar-refractivity contribution in [3.8, 4) is 0 Å². The van der Waals surface area contributed by atoms with Gasteiger partial charge in [0.1, 0.15) is 0 Å². The number of nitrogens with zero attached hydrogens (tertiary/aromatic N) is 2. The highest BCUT2D eigenvalue weighted by Gasteiger charge is 2.19. The minimum Gasteiger partial charge on any atom is -0.481 e. The number of carbonyl (C=O) groups is 1. The Morgan fingerprint density at radius 3 is 2.61 bits per heavy atom. The van der Waals surface area contributed by atoms with Crippen LogP contribution in [0.2, 0.25) is 0 Å². The molecule has 1 unspecified atom stereocenters. The van der Waals surface area contributed by atoms with Gasteiger partial charge in [-0.15, -0.1) is 0 Å². The van der Waals surface area contributed by atoms with Gasteiger partial charge in [-0.3, -0.25) is 9.48 Å². The van der Waals surface area contributed by atoms with E-state index < -0.39 is 11.9 Å². The number of carboxylic acids is 1. The van der Waals surface area contributed by atoms with Gasteiger partial charge in [0.2, 0.25) is 0 Å². The summed E-state index contributed by atoms with van der Waals surface area (Å²) in [5, 5.41) is 13.5. The van der Waals surface area contributed by atoms with E-state index in [2.05, 4.69) is 5.10 Å². The summed E-state index contributed by atoms with van der Waals surface area (Å²) in [6.07, 6.45) is 3.11. The van der Waals surface area contributed by atoms with Gasteiger partial charge in [0.25, 0.3) is 0 Å². The van der Waals surface area contributed by atoms with Crippen molar-refractivity contribution >= 4 is 5.97 Å². The number of aryl methyl sites for hydroxylation is 2. The van der Waals surface area contributed by atoms with Crippen molar-refractivity contribution in [3.63, 3.8) is 0 Å².